The number of halogens is 2. The molecule has 2 aromatic rings. The number of likely N-dealkylation sites (tertiary alicyclic amines) is 1. The van der Waals surface area contributed by atoms with Gasteiger partial charge in [0.2, 0.25) is 0 Å². The molecule has 1 unspecified atom stereocenters. The number of benzene rings is 2. The van der Waals surface area contributed by atoms with Crippen LogP contribution in [-0.2, 0) is 16.0 Å². The molecule has 2 fully saturated rings. The Kier molecular flexibility index (Phi) is 7.32. The summed E-state index contributed by atoms with van der Waals surface area (Å²) in [6, 6.07) is 11.7. The van der Waals surface area contributed by atoms with Gasteiger partial charge in [0, 0.05) is 12.5 Å². The highest BCUT2D eigenvalue weighted by atomic mass is 19.1. The van der Waals surface area contributed by atoms with E-state index in [2.05, 4.69) is 6.07 Å². The van der Waals surface area contributed by atoms with Crippen LogP contribution in [0.25, 0.3) is 11.1 Å². The lowest BCUT2D eigenvalue weighted by Gasteiger charge is -2.35. The summed E-state index contributed by atoms with van der Waals surface area (Å²) in [6.45, 7) is 5.33. The summed E-state index contributed by atoms with van der Waals surface area (Å²) in [5.74, 6) is -2.17. The van der Waals surface area contributed by atoms with Gasteiger partial charge in [-0.3, -0.25) is 9.69 Å². The molecule has 1 saturated carbocycles. The number of carbonyl (C=O) groups is 2. The number of hydrogen-bond acceptors (Lipinski definition) is 5. The topological polar surface area (TPSA) is 94.2 Å². The third-order valence-electron chi connectivity index (χ3n) is 7.09. The number of nitriles is 2. The minimum absolute atomic E-state index is 0.0311. The molecule has 2 aromatic carbocycles. The third kappa shape index (κ3) is 5.64. The number of ketones is 1. The first-order valence-corrected chi connectivity index (χ1v) is 12.4. The second kappa shape index (κ2) is 10.3. The predicted molar refractivity (Wildman–Crippen MR) is 132 cm³/mol. The first kappa shape index (κ1) is 26.3. The van der Waals surface area contributed by atoms with Gasteiger partial charge in [0.25, 0.3) is 0 Å². The second-order valence-electron chi connectivity index (χ2n) is 10.9. The third-order valence-corrected chi connectivity index (χ3v) is 7.09. The maximum absolute atomic E-state index is 15.0. The SMILES string of the molecule is CC(C)(C)OC(=O)N1[C@@H]2CC[C@@H](C2)[C@H]1C(=O)CC(C#N)Cc1ccc(-c2ccc(C#N)c(F)c2)cc1F. The summed E-state index contributed by atoms with van der Waals surface area (Å²) in [7, 11) is 0. The van der Waals surface area contributed by atoms with E-state index < -0.39 is 35.3 Å². The van der Waals surface area contributed by atoms with Crippen molar-refractivity contribution in [2.75, 3.05) is 0 Å². The lowest BCUT2D eigenvalue weighted by atomic mass is 9.87. The fourth-order valence-electron chi connectivity index (χ4n) is 5.45. The van der Waals surface area contributed by atoms with Crippen LogP contribution >= 0.6 is 0 Å². The Morgan fingerprint density at radius 1 is 1.08 bits per heavy atom. The Hall–Kier alpha value is -3.78. The molecule has 1 aliphatic carbocycles. The van der Waals surface area contributed by atoms with Crippen molar-refractivity contribution < 1.29 is 23.1 Å². The maximum Gasteiger partial charge on any atom is 0.411 e. The molecule has 0 aromatic heterocycles. The number of rotatable bonds is 6. The summed E-state index contributed by atoms with van der Waals surface area (Å²) in [4.78, 5) is 27.7. The van der Waals surface area contributed by atoms with Gasteiger partial charge >= 0.3 is 6.09 Å². The van der Waals surface area contributed by atoms with Crippen LogP contribution in [-0.4, -0.2) is 34.5 Å². The molecule has 4 atom stereocenters. The van der Waals surface area contributed by atoms with E-state index in [1.807, 2.05) is 0 Å². The molecule has 8 heteroatoms. The molecule has 6 nitrogen and oxygen atoms in total. The highest BCUT2D eigenvalue weighted by molar-refractivity contribution is 5.89. The second-order valence-corrected chi connectivity index (χ2v) is 10.9. The predicted octanol–water partition coefficient (Wildman–Crippen LogP) is 5.93. The Bertz CT molecular complexity index is 1300. The average Bonchev–Trinajstić information content (AvgIpc) is 3.45. The summed E-state index contributed by atoms with van der Waals surface area (Å²) in [5.41, 5.74) is 0.350. The lowest BCUT2D eigenvalue weighted by molar-refractivity contribution is -0.126. The van der Waals surface area contributed by atoms with E-state index in [4.69, 9.17) is 10.00 Å². The molecule has 2 bridgehead atoms. The summed E-state index contributed by atoms with van der Waals surface area (Å²) >= 11 is 0. The number of amides is 1. The van der Waals surface area contributed by atoms with Crippen LogP contribution in [0.15, 0.2) is 36.4 Å². The number of carbonyl (C=O) groups excluding carboxylic acids is 2. The fourth-order valence-corrected chi connectivity index (χ4v) is 5.45. The highest BCUT2D eigenvalue weighted by Gasteiger charge is 2.52. The molecule has 0 spiro atoms. The number of hydrogen-bond donors (Lipinski definition) is 0. The van der Waals surface area contributed by atoms with E-state index in [0.717, 1.165) is 19.3 Å². The zero-order chi connectivity index (χ0) is 26.9. The van der Waals surface area contributed by atoms with Crippen molar-refractivity contribution in [1.82, 2.24) is 4.90 Å². The summed E-state index contributed by atoms with van der Waals surface area (Å²) in [6.07, 6.45) is 1.86. The molecule has 0 radical (unpaired) electrons. The van der Waals surface area contributed by atoms with Crippen LogP contribution in [0.2, 0.25) is 0 Å². The van der Waals surface area contributed by atoms with Crippen LogP contribution in [0.3, 0.4) is 0 Å². The number of piperidine rings is 1. The Morgan fingerprint density at radius 3 is 2.35 bits per heavy atom. The van der Waals surface area contributed by atoms with Gasteiger partial charge in [-0.2, -0.15) is 10.5 Å². The molecule has 1 aliphatic heterocycles. The highest BCUT2D eigenvalue weighted by Crippen LogP contribution is 2.44. The smallest absolute Gasteiger partial charge is 0.411 e. The van der Waals surface area contributed by atoms with Crippen LogP contribution in [0.4, 0.5) is 13.6 Å². The fraction of sp³-hybridized carbons (Fsp3) is 0.448. The lowest BCUT2D eigenvalue weighted by Crippen LogP contribution is -2.51. The molecular formula is C29H29F2N3O3. The van der Waals surface area contributed by atoms with Crippen molar-refractivity contribution >= 4 is 11.9 Å². The zero-order valence-corrected chi connectivity index (χ0v) is 21.1. The largest absolute Gasteiger partial charge is 0.444 e. The van der Waals surface area contributed by atoms with Crippen molar-refractivity contribution in [3.05, 3.63) is 59.2 Å². The van der Waals surface area contributed by atoms with E-state index in [-0.39, 0.29) is 41.7 Å². The standard InChI is InChI=1S/C29H29F2N3O3/c1-29(2,3)37-28(36)34-23-9-8-21(12-23)27(34)26(35)11-17(15-32)10-20-6-4-18(13-24(20)30)19-5-7-22(16-33)25(31)14-19/h4-7,13-14,17,21,23,27H,8-12H2,1-3H3/t17?,21-,23+,27-/m0/s1. The Balaban J connectivity index is 1.46. The Morgan fingerprint density at radius 2 is 1.76 bits per heavy atom. The minimum atomic E-state index is -0.764. The van der Waals surface area contributed by atoms with Crippen molar-refractivity contribution in [2.45, 2.75) is 70.6 Å². The van der Waals surface area contributed by atoms with Gasteiger partial charge in [-0.25, -0.2) is 13.6 Å². The van der Waals surface area contributed by atoms with Gasteiger partial charge in [0.05, 0.1) is 23.6 Å². The van der Waals surface area contributed by atoms with E-state index in [1.54, 1.807) is 43.9 Å². The number of ether oxygens (including phenoxy) is 1. The van der Waals surface area contributed by atoms with Gasteiger partial charge in [-0.15, -0.1) is 0 Å². The van der Waals surface area contributed by atoms with Crippen molar-refractivity contribution in [3.63, 3.8) is 0 Å². The molecule has 192 valence electrons. The number of Topliss-reactive ketones (excluding diaryl/α,β-unsaturated/α-hetero) is 1. The molecular weight excluding hydrogens is 476 g/mol. The number of nitrogens with zero attached hydrogens (tertiary/aromatic N) is 3. The van der Waals surface area contributed by atoms with E-state index in [9.17, 15) is 23.6 Å². The molecule has 37 heavy (non-hydrogen) atoms. The van der Waals surface area contributed by atoms with Crippen LogP contribution in [0.1, 0.15) is 57.6 Å². The van der Waals surface area contributed by atoms with Gasteiger partial charge < -0.3 is 4.74 Å². The minimum Gasteiger partial charge on any atom is -0.444 e. The van der Waals surface area contributed by atoms with Gasteiger partial charge in [-0.05, 0) is 87.3 Å². The van der Waals surface area contributed by atoms with Crippen molar-refractivity contribution in [2.24, 2.45) is 11.8 Å². The molecule has 1 heterocycles. The molecule has 4 rings (SSSR count). The summed E-state index contributed by atoms with van der Waals surface area (Å²) < 4.78 is 34.5. The Labute approximate surface area is 215 Å². The van der Waals surface area contributed by atoms with Gasteiger partial charge in [0.15, 0.2) is 5.78 Å². The first-order chi connectivity index (χ1) is 17.5. The monoisotopic (exact) mass is 505 g/mol. The van der Waals surface area contributed by atoms with Gasteiger partial charge in [0.1, 0.15) is 23.3 Å². The number of fused-ring (bicyclic) bond motifs is 2. The van der Waals surface area contributed by atoms with E-state index in [0.29, 0.717) is 11.1 Å². The normalized spacial score (nSPS) is 21.3. The van der Waals surface area contributed by atoms with E-state index >= 15 is 0 Å². The van der Waals surface area contributed by atoms with E-state index in [1.165, 1.54) is 24.3 Å². The van der Waals surface area contributed by atoms with Crippen LogP contribution in [0, 0.1) is 46.1 Å². The van der Waals surface area contributed by atoms with Crippen molar-refractivity contribution in [3.8, 4) is 23.3 Å². The quantitative estimate of drug-likeness (QED) is 0.485. The molecule has 1 amide bonds. The molecule has 0 N–H and O–H groups in total. The first-order valence-electron chi connectivity index (χ1n) is 12.4. The maximum atomic E-state index is 15.0. The van der Waals surface area contributed by atoms with Gasteiger partial charge in [-0.1, -0.05) is 18.2 Å². The van der Waals surface area contributed by atoms with Crippen LogP contribution < -0.4 is 0 Å². The summed E-state index contributed by atoms with van der Waals surface area (Å²) in [5, 5.41) is 18.6. The average molecular weight is 506 g/mol. The van der Waals surface area contributed by atoms with Crippen molar-refractivity contribution in [1.29, 1.82) is 10.5 Å². The molecule has 1 saturated heterocycles. The molecule has 2 aliphatic rings. The zero-order valence-electron chi connectivity index (χ0n) is 21.1. The van der Waals surface area contributed by atoms with Crippen LogP contribution in [0.5, 0.6) is 0 Å².